The van der Waals surface area contributed by atoms with E-state index in [-0.39, 0.29) is 12.5 Å². The summed E-state index contributed by atoms with van der Waals surface area (Å²) < 4.78 is 13.4. The van der Waals surface area contributed by atoms with Crippen LogP contribution in [-0.4, -0.2) is 39.3 Å². The number of aryl methyl sites for hydroxylation is 3. The second-order valence-corrected chi connectivity index (χ2v) is 7.35. The monoisotopic (exact) mass is 421 g/mol. The van der Waals surface area contributed by atoms with Crippen molar-refractivity contribution in [3.05, 3.63) is 57.8 Å². The van der Waals surface area contributed by atoms with Crippen molar-refractivity contribution in [2.75, 3.05) is 19.5 Å². The number of carbonyl (C=O) groups excluding carboxylic acids is 1. The minimum Gasteiger partial charge on any atom is -0.493 e. The van der Waals surface area contributed by atoms with E-state index in [0.717, 1.165) is 11.1 Å². The minimum atomic E-state index is -0.467. The van der Waals surface area contributed by atoms with Gasteiger partial charge in [-0.3, -0.25) is 9.36 Å². The van der Waals surface area contributed by atoms with Crippen LogP contribution in [0.2, 0.25) is 0 Å². The predicted molar refractivity (Wildman–Crippen MR) is 117 cm³/mol. The average molecular weight is 421 g/mol. The molecule has 0 radical (unpaired) electrons. The van der Waals surface area contributed by atoms with Gasteiger partial charge in [0.1, 0.15) is 12.4 Å². The molecular formula is C22H23N5O4. The SMILES string of the molecule is COc1cc2c(cc1OC)n(CC(=O)Nc1ccc(C)cc1C)c(=O)n1nc(C)nc21. The number of rotatable bonds is 5. The Morgan fingerprint density at radius 2 is 1.77 bits per heavy atom. The molecule has 0 atom stereocenters. The summed E-state index contributed by atoms with van der Waals surface area (Å²) >= 11 is 0. The van der Waals surface area contributed by atoms with Gasteiger partial charge in [-0.2, -0.15) is 4.52 Å². The van der Waals surface area contributed by atoms with Crippen LogP contribution in [0.3, 0.4) is 0 Å². The van der Waals surface area contributed by atoms with Gasteiger partial charge in [-0.05, 0) is 38.5 Å². The van der Waals surface area contributed by atoms with Crippen molar-refractivity contribution in [2.24, 2.45) is 0 Å². The first-order valence-electron chi connectivity index (χ1n) is 9.71. The third kappa shape index (κ3) is 3.58. The summed E-state index contributed by atoms with van der Waals surface area (Å²) in [6, 6.07) is 9.16. The number of aromatic nitrogens is 4. The van der Waals surface area contributed by atoms with Crippen LogP contribution in [-0.2, 0) is 11.3 Å². The summed E-state index contributed by atoms with van der Waals surface area (Å²) in [4.78, 5) is 30.4. The van der Waals surface area contributed by atoms with Gasteiger partial charge in [0.15, 0.2) is 17.1 Å². The number of hydrogen-bond donors (Lipinski definition) is 1. The summed E-state index contributed by atoms with van der Waals surface area (Å²) in [6.07, 6.45) is 0. The van der Waals surface area contributed by atoms with Gasteiger partial charge in [0.05, 0.1) is 19.7 Å². The van der Waals surface area contributed by atoms with Gasteiger partial charge in [0.2, 0.25) is 5.91 Å². The van der Waals surface area contributed by atoms with Crippen LogP contribution >= 0.6 is 0 Å². The number of amides is 1. The molecule has 160 valence electrons. The summed E-state index contributed by atoms with van der Waals surface area (Å²) in [7, 11) is 3.04. The van der Waals surface area contributed by atoms with E-state index in [1.165, 1.54) is 23.3 Å². The highest BCUT2D eigenvalue weighted by molar-refractivity contribution is 5.96. The third-order valence-corrected chi connectivity index (χ3v) is 5.12. The van der Waals surface area contributed by atoms with Crippen LogP contribution in [0.5, 0.6) is 11.5 Å². The van der Waals surface area contributed by atoms with Gasteiger partial charge in [-0.25, -0.2) is 9.78 Å². The van der Waals surface area contributed by atoms with Gasteiger partial charge < -0.3 is 14.8 Å². The Kier molecular flexibility index (Phi) is 5.10. The molecular weight excluding hydrogens is 398 g/mol. The van der Waals surface area contributed by atoms with Crippen LogP contribution in [0, 0.1) is 20.8 Å². The van der Waals surface area contributed by atoms with Crippen LogP contribution in [0.1, 0.15) is 17.0 Å². The molecule has 2 aromatic carbocycles. The maximum Gasteiger partial charge on any atom is 0.351 e. The van der Waals surface area contributed by atoms with E-state index in [9.17, 15) is 9.59 Å². The van der Waals surface area contributed by atoms with Crippen molar-refractivity contribution in [2.45, 2.75) is 27.3 Å². The molecule has 4 rings (SSSR count). The molecule has 0 saturated carbocycles. The third-order valence-electron chi connectivity index (χ3n) is 5.12. The highest BCUT2D eigenvalue weighted by Gasteiger charge is 2.19. The zero-order chi connectivity index (χ0) is 22.3. The van der Waals surface area contributed by atoms with Crippen molar-refractivity contribution in [1.29, 1.82) is 0 Å². The number of hydrogen-bond acceptors (Lipinski definition) is 6. The molecule has 1 amide bonds. The van der Waals surface area contributed by atoms with Crippen molar-refractivity contribution in [3.63, 3.8) is 0 Å². The minimum absolute atomic E-state index is 0.201. The van der Waals surface area contributed by atoms with Crippen molar-refractivity contribution in [1.82, 2.24) is 19.2 Å². The van der Waals surface area contributed by atoms with Gasteiger partial charge in [0, 0.05) is 17.1 Å². The summed E-state index contributed by atoms with van der Waals surface area (Å²) in [5, 5.41) is 7.71. The summed E-state index contributed by atoms with van der Waals surface area (Å²) in [6.45, 7) is 5.41. The number of benzene rings is 2. The largest absolute Gasteiger partial charge is 0.493 e. The molecule has 0 unspecified atom stereocenters. The molecule has 0 aliphatic rings. The Balaban J connectivity index is 1.86. The first kappa shape index (κ1) is 20.4. The normalized spacial score (nSPS) is 11.1. The molecule has 0 aliphatic carbocycles. The summed E-state index contributed by atoms with van der Waals surface area (Å²) in [5.74, 6) is 1.05. The zero-order valence-electron chi connectivity index (χ0n) is 18.0. The quantitative estimate of drug-likeness (QED) is 0.532. The Morgan fingerprint density at radius 3 is 2.45 bits per heavy atom. The van der Waals surface area contributed by atoms with E-state index in [4.69, 9.17) is 9.47 Å². The molecule has 1 N–H and O–H groups in total. The Morgan fingerprint density at radius 1 is 1.06 bits per heavy atom. The van der Waals surface area contributed by atoms with Gasteiger partial charge >= 0.3 is 5.69 Å². The molecule has 2 aromatic heterocycles. The molecule has 0 saturated heterocycles. The summed E-state index contributed by atoms with van der Waals surface area (Å²) in [5.41, 5.74) is 3.17. The molecule has 0 fully saturated rings. The Labute approximate surface area is 178 Å². The zero-order valence-corrected chi connectivity index (χ0v) is 18.0. The van der Waals surface area contributed by atoms with E-state index in [1.807, 2.05) is 32.0 Å². The number of nitrogens with one attached hydrogen (secondary N) is 1. The molecule has 2 heterocycles. The highest BCUT2D eigenvalue weighted by Crippen LogP contribution is 2.33. The van der Waals surface area contributed by atoms with E-state index in [1.54, 1.807) is 19.1 Å². The smallest absolute Gasteiger partial charge is 0.351 e. The number of nitrogens with zero attached hydrogens (tertiary/aromatic N) is 4. The van der Waals surface area contributed by atoms with E-state index in [2.05, 4.69) is 15.4 Å². The van der Waals surface area contributed by atoms with Crippen molar-refractivity contribution < 1.29 is 14.3 Å². The highest BCUT2D eigenvalue weighted by atomic mass is 16.5. The Hall–Kier alpha value is -3.88. The number of methoxy groups -OCH3 is 2. The standard InChI is InChI=1S/C22H23N5O4/c1-12-6-7-16(13(2)8-12)24-20(28)11-26-17-10-19(31-5)18(30-4)9-15(17)21-23-14(3)25-27(21)22(26)29/h6-10H,11H2,1-5H3,(H,24,28). The maximum absolute atomic E-state index is 13.2. The molecule has 9 nitrogen and oxygen atoms in total. The fourth-order valence-corrected chi connectivity index (χ4v) is 3.65. The number of anilines is 1. The number of carbonyl (C=O) groups is 1. The fourth-order valence-electron chi connectivity index (χ4n) is 3.65. The lowest BCUT2D eigenvalue weighted by molar-refractivity contribution is -0.116. The molecule has 31 heavy (non-hydrogen) atoms. The topological polar surface area (TPSA) is 99.8 Å². The van der Waals surface area contributed by atoms with E-state index in [0.29, 0.717) is 39.6 Å². The first-order chi connectivity index (χ1) is 14.8. The van der Waals surface area contributed by atoms with E-state index < -0.39 is 5.69 Å². The fraction of sp³-hybridized carbons (Fsp3) is 0.273. The van der Waals surface area contributed by atoms with Gasteiger partial charge in [-0.15, -0.1) is 5.10 Å². The van der Waals surface area contributed by atoms with Crippen LogP contribution < -0.4 is 20.5 Å². The lowest BCUT2D eigenvalue weighted by Gasteiger charge is -2.15. The van der Waals surface area contributed by atoms with Crippen molar-refractivity contribution >= 4 is 28.1 Å². The maximum atomic E-state index is 13.2. The van der Waals surface area contributed by atoms with Gasteiger partial charge in [0.25, 0.3) is 0 Å². The molecule has 9 heteroatoms. The molecule has 0 spiro atoms. The predicted octanol–water partition coefficient (Wildman–Crippen LogP) is 2.63. The van der Waals surface area contributed by atoms with E-state index >= 15 is 0 Å². The lowest BCUT2D eigenvalue weighted by Crippen LogP contribution is -2.32. The lowest BCUT2D eigenvalue weighted by atomic mass is 10.1. The first-order valence-corrected chi connectivity index (χ1v) is 9.71. The molecule has 0 bridgehead atoms. The van der Waals surface area contributed by atoms with Crippen LogP contribution in [0.4, 0.5) is 5.69 Å². The molecule has 4 aromatic rings. The van der Waals surface area contributed by atoms with Crippen molar-refractivity contribution in [3.8, 4) is 11.5 Å². The van der Waals surface area contributed by atoms with Gasteiger partial charge in [-0.1, -0.05) is 17.7 Å². The Bertz CT molecular complexity index is 1390. The average Bonchev–Trinajstić information content (AvgIpc) is 3.14. The second kappa shape index (κ2) is 7.75. The second-order valence-electron chi connectivity index (χ2n) is 7.35. The van der Waals surface area contributed by atoms with Crippen LogP contribution in [0.15, 0.2) is 35.1 Å². The number of fused-ring (bicyclic) bond motifs is 3. The van der Waals surface area contributed by atoms with Crippen LogP contribution in [0.25, 0.3) is 16.6 Å². The molecule has 0 aliphatic heterocycles. The number of ether oxygens (including phenoxy) is 2.